The summed E-state index contributed by atoms with van der Waals surface area (Å²) in [5, 5.41) is 10.7. The van der Waals surface area contributed by atoms with Gasteiger partial charge >= 0.3 is 5.97 Å². The highest BCUT2D eigenvalue weighted by Crippen LogP contribution is 2.40. The number of hydrogen-bond acceptors (Lipinski definition) is 6. The summed E-state index contributed by atoms with van der Waals surface area (Å²) >= 11 is 0. The normalized spacial score (nSPS) is 28.7. The summed E-state index contributed by atoms with van der Waals surface area (Å²) in [6.07, 6.45) is 5.79. The largest absolute Gasteiger partial charge is 0.459 e. The van der Waals surface area contributed by atoms with Crippen molar-refractivity contribution in [2.24, 2.45) is 0 Å². The van der Waals surface area contributed by atoms with Gasteiger partial charge in [0, 0.05) is 12.1 Å². The van der Waals surface area contributed by atoms with Crippen molar-refractivity contribution >= 4 is 11.7 Å². The summed E-state index contributed by atoms with van der Waals surface area (Å²) in [4.78, 5) is 22.4. The predicted octanol–water partition coefficient (Wildman–Crippen LogP) is 4.00. The van der Waals surface area contributed by atoms with Gasteiger partial charge in [0.05, 0.1) is 22.7 Å². The Morgan fingerprint density at radius 2 is 1.96 bits per heavy atom. The maximum atomic E-state index is 12.3. The summed E-state index contributed by atoms with van der Waals surface area (Å²) in [5.41, 5.74) is 0.148. The van der Waals surface area contributed by atoms with Gasteiger partial charge in [0.25, 0.3) is 5.69 Å². The van der Waals surface area contributed by atoms with Gasteiger partial charge in [-0.2, -0.15) is 0 Å². The molecule has 2 fully saturated rings. The van der Waals surface area contributed by atoms with E-state index in [9.17, 15) is 14.9 Å². The molecule has 26 heavy (non-hydrogen) atoms. The van der Waals surface area contributed by atoms with E-state index in [1.54, 1.807) is 0 Å². The monoisotopic (exact) mass is 363 g/mol. The zero-order valence-corrected chi connectivity index (χ0v) is 15.0. The van der Waals surface area contributed by atoms with Crippen molar-refractivity contribution in [3.63, 3.8) is 0 Å². The van der Waals surface area contributed by atoms with Crippen molar-refractivity contribution < 1.29 is 23.9 Å². The van der Waals surface area contributed by atoms with Crippen molar-refractivity contribution in [2.75, 3.05) is 6.61 Å². The first-order valence-electron chi connectivity index (χ1n) is 9.26. The van der Waals surface area contributed by atoms with Gasteiger partial charge in [-0.3, -0.25) is 10.1 Å². The second kappa shape index (κ2) is 8.14. The van der Waals surface area contributed by atoms with E-state index in [-0.39, 0.29) is 23.7 Å². The maximum absolute atomic E-state index is 12.3. The molecule has 0 amide bonds. The molecule has 142 valence electrons. The van der Waals surface area contributed by atoms with Gasteiger partial charge in [-0.05, 0) is 50.7 Å². The third kappa shape index (κ3) is 4.40. The first kappa shape index (κ1) is 18.8. The minimum Gasteiger partial charge on any atom is -0.459 e. The van der Waals surface area contributed by atoms with Gasteiger partial charge in [-0.1, -0.05) is 13.3 Å². The molecule has 1 unspecified atom stereocenters. The van der Waals surface area contributed by atoms with E-state index < -0.39 is 10.9 Å². The topological polar surface area (TPSA) is 87.9 Å². The molecule has 1 heterocycles. The van der Waals surface area contributed by atoms with E-state index in [0.29, 0.717) is 5.56 Å². The van der Waals surface area contributed by atoms with Gasteiger partial charge < -0.3 is 14.2 Å². The van der Waals surface area contributed by atoms with Crippen LogP contribution in [0.25, 0.3) is 0 Å². The van der Waals surface area contributed by atoms with Gasteiger partial charge in [0.15, 0.2) is 6.29 Å². The maximum Gasteiger partial charge on any atom is 0.338 e. The number of hydrogen-bond donors (Lipinski definition) is 0. The fraction of sp³-hybridized carbons (Fsp3) is 0.632. The highest BCUT2D eigenvalue weighted by molar-refractivity contribution is 5.89. The molecular weight excluding hydrogens is 338 g/mol. The van der Waals surface area contributed by atoms with Crippen LogP contribution in [-0.2, 0) is 14.2 Å². The molecule has 1 aromatic carbocycles. The van der Waals surface area contributed by atoms with E-state index >= 15 is 0 Å². The number of non-ortho nitro benzene ring substituents is 1. The van der Waals surface area contributed by atoms with Crippen LogP contribution in [0.4, 0.5) is 5.69 Å². The van der Waals surface area contributed by atoms with E-state index in [2.05, 4.69) is 6.92 Å². The highest BCUT2D eigenvalue weighted by Gasteiger charge is 2.41. The lowest BCUT2D eigenvalue weighted by Gasteiger charge is -2.45. The standard InChI is InChI=1S/C19H25NO6/c1-2-3-17-24-13-12-19(26-17)10-8-16(9-11-19)25-18(21)14-4-6-15(7-5-14)20(22)23/h4-7,16-17H,2-3,8-13H2,1H3. The van der Waals surface area contributed by atoms with Crippen LogP contribution in [0.1, 0.15) is 62.2 Å². The fourth-order valence-electron chi connectivity index (χ4n) is 3.67. The Morgan fingerprint density at radius 3 is 2.58 bits per heavy atom. The number of carbonyl (C=O) groups is 1. The van der Waals surface area contributed by atoms with Crippen LogP contribution in [0, 0.1) is 10.1 Å². The van der Waals surface area contributed by atoms with Crippen molar-refractivity contribution in [1.82, 2.24) is 0 Å². The van der Waals surface area contributed by atoms with Crippen LogP contribution in [0.2, 0.25) is 0 Å². The number of ether oxygens (including phenoxy) is 3. The molecule has 2 aliphatic rings. The first-order chi connectivity index (χ1) is 12.5. The highest BCUT2D eigenvalue weighted by atomic mass is 16.7. The number of rotatable bonds is 5. The van der Waals surface area contributed by atoms with E-state index in [0.717, 1.165) is 51.6 Å². The number of nitro benzene ring substituents is 1. The van der Waals surface area contributed by atoms with Crippen LogP contribution in [0.3, 0.4) is 0 Å². The van der Waals surface area contributed by atoms with Gasteiger partial charge in [-0.25, -0.2) is 4.79 Å². The number of nitro groups is 1. The molecule has 0 aromatic heterocycles. The Labute approximate surface area is 152 Å². The van der Waals surface area contributed by atoms with Crippen LogP contribution in [-0.4, -0.2) is 35.5 Å². The minimum atomic E-state index is -0.491. The van der Waals surface area contributed by atoms with Crippen molar-refractivity contribution in [1.29, 1.82) is 0 Å². The molecule has 1 aromatic rings. The van der Waals surface area contributed by atoms with Gasteiger partial charge in [0.2, 0.25) is 0 Å². The Morgan fingerprint density at radius 1 is 1.27 bits per heavy atom. The number of benzene rings is 1. The zero-order chi connectivity index (χ0) is 18.6. The summed E-state index contributed by atoms with van der Waals surface area (Å²) < 4.78 is 17.5. The molecule has 1 aliphatic heterocycles. The molecule has 1 spiro atoms. The van der Waals surface area contributed by atoms with Crippen LogP contribution in [0.5, 0.6) is 0 Å². The molecule has 1 saturated carbocycles. The lowest BCUT2D eigenvalue weighted by Crippen LogP contribution is -2.47. The quantitative estimate of drug-likeness (QED) is 0.446. The molecule has 0 bridgehead atoms. The van der Waals surface area contributed by atoms with Gasteiger partial charge in [-0.15, -0.1) is 0 Å². The summed E-state index contributed by atoms with van der Waals surface area (Å²) in [5.74, 6) is -0.433. The average molecular weight is 363 g/mol. The Balaban J connectivity index is 1.52. The molecule has 1 atom stereocenters. The summed E-state index contributed by atoms with van der Waals surface area (Å²) in [6.45, 7) is 2.83. The average Bonchev–Trinajstić information content (AvgIpc) is 2.64. The Hall–Kier alpha value is -1.99. The van der Waals surface area contributed by atoms with E-state index in [1.807, 2.05) is 0 Å². The fourth-order valence-corrected chi connectivity index (χ4v) is 3.67. The molecule has 1 saturated heterocycles. The molecule has 7 heteroatoms. The number of carbonyl (C=O) groups excluding carboxylic acids is 1. The molecule has 7 nitrogen and oxygen atoms in total. The Kier molecular flexibility index (Phi) is 5.88. The van der Waals surface area contributed by atoms with Crippen LogP contribution >= 0.6 is 0 Å². The van der Waals surface area contributed by atoms with Crippen molar-refractivity contribution in [2.45, 2.75) is 69.9 Å². The minimum absolute atomic E-state index is 0.0422. The zero-order valence-electron chi connectivity index (χ0n) is 15.0. The van der Waals surface area contributed by atoms with E-state index in [4.69, 9.17) is 14.2 Å². The Bertz CT molecular complexity index is 634. The SMILES string of the molecule is CCCC1OCCC2(CCC(OC(=O)c3ccc([N+](=O)[O-])cc3)CC2)O1. The number of esters is 1. The van der Waals surface area contributed by atoms with Crippen molar-refractivity contribution in [3.05, 3.63) is 39.9 Å². The summed E-state index contributed by atoms with van der Waals surface area (Å²) in [7, 11) is 0. The first-order valence-corrected chi connectivity index (χ1v) is 9.26. The summed E-state index contributed by atoms with van der Waals surface area (Å²) in [6, 6.07) is 5.50. The second-order valence-corrected chi connectivity index (χ2v) is 7.05. The van der Waals surface area contributed by atoms with E-state index in [1.165, 1.54) is 24.3 Å². The van der Waals surface area contributed by atoms with Crippen LogP contribution < -0.4 is 0 Å². The lowest BCUT2D eigenvalue weighted by atomic mass is 9.80. The van der Waals surface area contributed by atoms with Crippen LogP contribution in [0.15, 0.2) is 24.3 Å². The third-order valence-electron chi connectivity index (χ3n) is 5.20. The smallest absolute Gasteiger partial charge is 0.338 e. The van der Waals surface area contributed by atoms with Gasteiger partial charge in [0.1, 0.15) is 6.10 Å². The number of nitrogens with zero attached hydrogens (tertiary/aromatic N) is 1. The van der Waals surface area contributed by atoms with Crippen molar-refractivity contribution in [3.8, 4) is 0 Å². The predicted molar refractivity (Wildman–Crippen MR) is 93.8 cm³/mol. The lowest BCUT2D eigenvalue weighted by molar-refractivity contribution is -0.384. The molecule has 1 aliphatic carbocycles. The molecule has 0 N–H and O–H groups in total. The molecule has 0 radical (unpaired) electrons. The second-order valence-electron chi connectivity index (χ2n) is 7.05. The third-order valence-corrected chi connectivity index (χ3v) is 5.20. The molecule has 3 rings (SSSR count). The molecular formula is C19H25NO6.